The molecule has 0 aliphatic carbocycles. The molecule has 8 nitrogen and oxygen atoms in total. The molecule has 2 aromatic carbocycles. The van der Waals surface area contributed by atoms with Crippen molar-refractivity contribution in [2.45, 2.75) is 0 Å². The number of para-hydroxylation sites is 1. The van der Waals surface area contributed by atoms with Crippen molar-refractivity contribution >= 4 is 21.3 Å². The maximum Gasteiger partial charge on any atom is 0.446 e. The predicted octanol–water partition coefficient (Wildman–Crippen LogP) is 1.78. The van der Waals surface area contributed by atoms with Gasteiger partial charge in [-0.1, -0.05) is 12.1 Å². The van der Waals surface area contributed by atoms with Crippen molar-refractivity contribution in [1.29, 1.82) is 0 Å². The Labute approximate surface area is 136 Å². The van der Waals surface area contributed by atoms with Gasteiger partial charge in [0, 0.05) is 5.56 Å². The van der Waals surface area contributed by atoms with Crippen molar-refractivity contribution in [2.24, 2.45) is 0 Å². The van der Waals surface area contributed by atoms with Gasteiger partial charge in [-0.25, -0.2) is 4.98 Å². The number of benzene rings is 2. The molecule has 0 amide bonds. The highest BCUT2D eigenvalue weighted by atomic mass is 32.3. The third-order valence-electron chi connectivity index (χ3n) is 3.25. The van der Waals surface area contributed by atoms with Crippen LogP contribution in [0.2, 0.25) is 0 Å². The Morgan fingerprint density at radius 2 is 1.88 bits per heavy atom. The average molecular weight is 348 g/mol. The van der Waals surface area contributed by atoms with Gasteiger partial charge in [0.1, 0.15) is 5.82 Å². The maximum atomic E-state index is 12.1. The second kappa shape index (κ2) is 5.95. The van der Waals surface area contributed by atoms with Gasteiger partial charge in [-0.3, -0.25) is 9.35 Å². The second-order valence-electron chi connectivity index (χ2n) is 4.81. The largest absolute Gasteiger partial charge is 0.493 e. The molecule has 0 radical (unpaired) electrons. The van der Waals surface area contributed by atoms with E-state index < -0.39 is 10.4 Å². The van der Waals surface area contributed by atoms with Crippen LogP contribution >= 0.6 is 0 Å². The van der Waals surface area contributed by atoms with Gasteiger partial charge in [0.05, 0.1) is 18.0 Å². The summed E-state index contributed by atoms with van der Waals surface area (Å²) in [5, 5.41) is 0.434. The monoisotopic (exact) mass is 348 g/mol. The molecule has 0 aliphatic heterocycles. The first-order valence-electron chi connectivity index (χ1n) is 6.72. The molecule has 1 aromatic heterocycles. The topological polar surface area (TPSA) is 119 Å². The maximum absolute atomic E-state index is 12.1. The zero-order valence-electron chi connectivity index (χ0n) is 12.4. The number of rotatable bonds is 4. The molecular weight excluding hydrogens is 336 g/mol. The lowest BCUT2D eigenvalue weighted by atomic mass is 10.1. The number of aromatic nitrogens is 2. The summed E-state index contributed by atoms with van der Waals surface area (Å²) >= 11 is 0. The molecule has 0 saturated heterocycles. The van der Waals surface area contributed by atoms with Crippen molar-refractivity contribution in [3.8, 4) is 22.9 Å². The molecule has 3 aromatic rings. The van der Waals surface area contributed by atoms with Crippen molar-refractivity contribution in [1.82, 2.24) is 9.97 Å². The first-order valence-corrected chi connectivity index (χ1v) is 8.08. The highest BCUT2D eigenvalue weighted by molar-refractivity contribution is 7.81. The first-order chi connectivity index (χ1) is 11.4. The van der Waals surface area contributed by atoms with E-state index in [0.717, 1.165) is 0 Å². The molecule has 1 heterocycles. The smallest absolute Gasteiger partial charge is 0.446 e. The summed E-state index contributed by atoms with van der Waals surface area (Å²) in [7, 11) is -3.40. The molecule has 0 atom stereocenters. The van der Waals surface area contributed by atoms with Crippen LogP contribution in [0.4, 0.5) is 0 Å². The summed E-state index contributed by atoms with van der Waals surface area (Å²) in [5.74, 6) is 0.0920. The number of hydrogen-bond donors (Lipinski definition) is 2. The van der Waals surface area contributed by atoms with E-state index in [2.05, 4.69) is 14.2 Å². The lowest BCUT2D eigenvalue weighted by molar-refractivity contribution is 0.360. The summed E-state index contributed by atoms with van der Waals surface area (Å²) in [5.41, 5.74) is 0.547. The number of aromatic amines is 1. The number of fused-ring (bicyclic) bond motifs is 1. The third kappa shape index (κ3) is 3.21. The predicted molar refractivity (Wildman–Crippen MR) is 86.5 cm³/mol. The van der Waals surface area contributed by atoms with E-state index in [-0.39, 0.29) is 22.9 Å². The van der Waals surface area contributed by atoms with E-state index in [9.17, 15) is 13.2 Å². The molecule has 2 N–H and O–H groups in total. The lowest BCUT2D eigenvalue weighted by Crippen LogP contribution is -2.10. The Morgan fingerprint density at radius 3 is 2.58 bits per heavy atom. The van der Waals surface area contributed by atoms with Gasteiger partial charge in [-0.15, -0.1) is 0 Å². The van der Waals surface area contributed by atoms with E-state index in [4.69, 9.17) is 9.29 Å². The second-order valence-corrected chi connectivity index (χ2v) is 5.83. The first kappa shape index (κ1) is 16.0. The molecule has 9 heteroatoms. The molecule has 24 heavy (non-hydrogen) atoms. The third-order valence-corrected chi connectivity index (χ3v) is 3.64. The highest BCUT2D eigenvalue weighted by Crippen LogP contribution is 2.32. The molecule has 0 aliphatic rings. The minimum atomic E-state index is -4.72. The fourth-order valence-electron chi connectivity index (χ4n) is 2.23. The summed E-state index contributed by atoms with van der Waals surface area (Å²) in [4.78, 5) is 19.1. The molecule has 3 rings (SSSR count). The Balaban J connectivity index is 2.16. The zero-order valence-corrected chi connectivity index (χ0v) is 13.2. The van der Waals surface area contributed by atoms with Gasteiger partial charge in [0.2, 0.25) is 0 Å². The van der Waals surface area contributed by atoms with Crippen LogP contribution in [0.5, 0.6) is 11.5 Å². The number of hydrogen-bond acceptors (Lipinski definition) is 6. The minimum Gasteiger partial charge on any atom is -0.493 e. The van der Waals surface area contributed by atoms with E-state index in [1.54, 1.807) is 30.3 Å². The van der Waals surface area contributed by atoms with Crippen LogP contribution in [0, 0.1) is 0 Å². The molecule has 0 unspecified atom stereocenters. The number of nitrogens with one attached hydrogen (secondary N) is 1. The fraction of sp³-hybridized carbons (Fsp3) is 0.0667. The van der Waals surface area contributed by atoms with Crippen LogP contribution in [0.25, 0.3) is 22.3 Å². The van der Waals surface area contributed by atoms with Gasteiger partial charge in [0.15, 0.2) is 11.5 Å². The minimum absolute atomic E-state index is 0.0968. The van der Waals surface area contributed by atoms with E-state index in [1.807, 2.05) is 0 Å². The quantitative estimate of drug-likeness (QED) is 0.690. The van der Waals surface area contributed by atoms with Crippen LogP contribution in [0.3, 0.4) is 0 Å². The summed E-state index contributed by atoms with van der Waals surface area (Å²) in [6.07, 6.45) is 0. The normalized spacial score (nSPS) is 11.4. The molecule has 0 bridgehead atoms. The van der Waals surface area contributed by atoms with Crippen LogP contribution in [0.15, 0.2) is 47.3 Å². The van der Waals surface area contributed by atoms with Gasteiger partial charge < -0.3 is 13.9 Å². The van der Waals surface area contributed by atoms with Gasteiger partial charge in [0.25, 0.3) is 5.56 Å². The number of H-pyrrole nitrogens is 1. The average Bonchev–Trinajstić information content (AvgIpc) is 2.53. The van der Waals surface area contributed by atoms with Gasteiger partial charge >= 0.3 is 10.4 Å². The number of methoxy groups -OCH3 is 1. The Hall–Kier alpha value is -2.91. The highest BCUT2D eigenvalue weighted by Gasteiger charge is 2.15. The lowest BCUT2D eigenvalue weighted by Gasteiger charge is -2.10. The standard InChI is InChI=1S/C15H12N2O6S/c1-22-12-7-6-9(8-13(12)23-24(19,20)21)14-16-11-5-3-2-4-10(11)15(18)17-14/h2-8H,1H3,(H,16,17,18)(H,19,20,21). The Bertz CT molecular complexity index is 1070. The summed E-state index contributed by atoms with van der Waals surface area (Å²) in [6, 6.07) is 11.1. The summed E-state index contributed by atoms with van der Waals surface area (Å²) in [6.45, 7) is 0. The van der Waals surface area contributed by atoms with E-state index >= 15 is 0 Å². The van der Waals surface area contributed by atoms with Crippen LogP contribution in [-0.4, -0.2) is 30.0 Å². The number of ether oxygens (including phenoxy) is 1. The van der Waals surface area contributed by atoms with E-state index in [0.29, 0.717) is 16.5 Å². The van der Waals surface area contributed by atoms with Crippen LogP contribution < -0.4 is 14.5 Å². The molecule has 0 spiro atoms. The zero-order chi connectivity index (χ0) is 17.3. The summed E-state index contributed by atoms with van der Waals surface area (Å²) < 4.78 is 40.2. The van der Waals surface area contributed by atoms with Crippen molar-refractivity contribution in [2.75, 3.05) is 7.11 Å². The fourth-order valence-corrected chi connectivity index (χ4v) is 2.58. The van der Waals surface area contributed by atoms with Crippen LogP contribution in [-0.2, 0) is 10.4 Å². The van der Waals surface area contributed by atoms with Crippen molar-refractivity contribution < 1.29 is 21.9 Å². The van der Waals surface area contributed by atoms with Crippen molar-refractivity contribution in [3.05, 3.63) is 52.8 Å². The Morgan fingerprint density at radius 1 is 1.12 bits per heavy atom. The van der Waals surface area contributed by atoms with Gasteiger partial charge in [-0.2, -0.15) is 8.42 Å². The molecule has 0 fully saturated rings. The molecule has 124 valence electrons. The number of nitrogens with zero attached hydrogens (tertiary/aromatic N) is 1. The Kier molecular flexibility index (Phi) is 3.96. The van der Waals surface area contributed by atoms with Crippen molar-refractivity contribution in [3.63, 3.8) is 0 Å². The van der Waals surface area contributed by atoms with E-state index in [1.165, 1.54) is 19.2 Å². The van der Waals surface area contributed by atoms with Crippen LogP contribution in [0.1, 0.15) is 0 Å². The molecular formula is C15H12N2O6S. The van der Waals surface area contributed by atoms with Gasteiger partial charge in [-0.05, 0) is 30.3 Å². The SMILES string of the molecule is COc1ccc(-c2nc3ccccc3c(=O)[nH]2)cc1OS(=O)(=O)O. The molecule has 0 saturated carbocycles.